The molecule has 0 radical (unpaired) electrons. The van der Waals surface area contributed by atoms with E-state index in [2.05, 4.69) is 55.2 Å². The fourth-order valence-electron chi connectivity index (χ4n) is 6.54. The van der Waals surface area contributed by atoms with Gasteiger partial charge in [-0.3, -0.25) is 9.69 Å². The molecule has 1 N–H and O–H groups in total. The first-order valence-corrected chi connectivity index (χ1v) is 13.2. The van der Waals surface area contributed by atoms with Gasteiger partial charge in [0, 0.05) is 12.1 Å². The molecule has 0 aliphatic heterocycles. The van der Waals surface area contributed by atoms with Gasteiger partial charge in [-0.25, -0.2) is 4.68 Å². The minimum absolute atomic E-state index is 0.0394. The molecule has 2 aliphatic carbocycles. The Morgan fingerprint density at radius 1 is 1.11 bits per heavy atom. The van der Waals surface area contributed by atoms with Crippen molar-refractivity contribution in [1.82, 2.24) is 30.1 Å². The van der Waals surface area contributed by atoms with Crippen molar-refractivity contribution in [2.45, 2.75) is 89.9 Å². The average Bonchev–Trinajstić information content (AvgIpc) is 3.67. The lowest BCUT2D eigenvalue weighted by Gasteiger charge is -2.40. The quantitative estimate of drug-likeness (QED) is 0.380. The summed E-state index contributed by atoms with van der Waals surface area (Å²) in [5, 5.41) is 14.4. The van der Waals surface area contributed by atoms with Gasteiger partial charge in [-0.1, -0.05) is 37.3 Å². The highest BCUT2D eigenvalue weighted by atomic mass is 16.3. The summed E-state index contributed by atoms with van der Waals surface area (Å²) in [6.45, 7) is 5.23. The molecule has 3 aromatic heterocycles. The summed E-state index contributed by atoms with van der Waals surface area (Å²) in [6.07, 6.45) is 10.5. The third kappa shape index (κ3) is 4.07. The van der Waals surface area contributed by atoms with Crippen LogP contribution in [-0.4, -0.2) is 30.1 Å². The first-order valence-electron chi connectivity index (χ1n) is 13.2. The summed E-state index contributed by atoms with van der Waals surface area (Å²) in [6, 6.07) is 10.6. The highest BCUT2D eigenvalue weighted by molar-refractivity contribution is 5.82. The lowest BCUT2D eigenvalue weighted by molar-refractivity contribution is 0.0508. The fourth-order valence-corrected chi connectivity index (χ4v) is 6.54. The summed E-state index contributed by atoms with van der Waals surface area (Å²) in [4.78, 5) is 18.9. The van der Waals surface area contributed by atoms with Gasteiger partial charge in [-0.05, 0) is 85.2 Å². The molecular weight excluding hydrogens is 452 g/mol. The second-order valence-electron chi connectivity index (χ2n) is 10.7. The summed E-state index contributed by atoms with van der Waals surface area (Å²) >= 11 is 0. The summed E-state index contributed by atoms with van der Waals surface area (Å²) in [5.41, 5.74) is 3.56. The van der Waals surface area contributed by atoms with Gasteiger partial charge < -0.3 is 9.40 Å². The van der Waals surface area contributed by atoms with Gasteiger partial charge in [-0.15, -0.1) is 5.10 Å². The molecule has 188 valence electrons. The first-order chi connectivity index (χ1) is 17.5. The largest absolute Gasteiger partial charge is 0.468 e. The predicted molar refractivity (Wildman–Crippen MR) is 137 cm³/mol. The second kappa shape index (κ2) is 9.32. The van der Waals surface area contributed by atoms with Crippen molar-refractivity contribution in [1.29, 1.82) is 0 Å². The number of tetrazole rings is 1. The van der Waals surface area contributed by atoms with Crippen LogP contribution in [0.15, 0.2) is 45.8 Å². The average molecular weight is 487 g/mol. The lowest BCUT2D eigenvalue weighted by Crippen LogP contribution is -2.46. The van der Waals surface area contributed by atoms with Crippen LogP contribution in [-0.2, 0) is 18.6 Å². The van der Waals surface area contributed by atoms with Crippen LogP contribution in [0, 0.1) is 13.8 Å². The Morgan fingerprint density at radius 3 is 2.67 bits per heavy atom. The van der Waals surface area contributed by atoms with E-state index in [1.54, 1.807) is 6.26 Å². The van der Waals surface area contributed by atoms with Crippen molar-refractivity contribution in [3.05, 3.63) is 75.2 Å². The van der Waals surface area contributed by atoms with Crippen LogP contribution in [0.1, 0.15) is 85.7 Å². The van der Waals surface area contributed by atoms with E-state index in [0.717, 1.165) is 72.1 Å². The number of furan rings is 1. The molecule has 2 fully saturated rings. The molecule has 8 nitrogen and oxygen atoms in total. The molecule has 0 unspecified atom stereocenters. The standard InChI is InChI=1S/C28H34N6O2/c1-19-14-20(2)25-21(15-19)16-22(26(35)29-25)17-33(18-24-10-7-13-36-24)28(11-5-6-12-28)27-30-31-32-34(27)23-8-3-4-9-23/h7,10,13-16,23H,3-6,8-9,11-12,17-18H2,1-2H3,(H,29,35). The topological polar surface area (TPSA) is 92.8 Å². The SMILES string of the molecule is Cc1cc(C)c2[nH]c(=O)c(CN(Cc3ccco3)C3(c4nnnn4C4CCCC4)CCCC3)cc2c1. The van der Waals surface area contributed by atoms with Crippen molar-refractivity contribution in [3.8, 4) is 0 Å². The van der Waals surface area contributed by atoms with E-state index in [1.807, 2.05) is 19.1 Å². The number of H-pyrrole nitrogens is 1. The Kier molecular flexibility index (Phi) is 5.99. The predicted octanol–water partition coefficient (Wildman–Crippen LogP) is 5.31. The number of pyridine rings is 1. The van der Waals surface area contributed by atoms with Gasteiger partial charge in [0.25, 0.3) is 5.56 Å². The van der Waals surface area contributed by atoms with Crippen LogP contribution >= 0.6 is 0 Å². The van der Waals surface area contributed by atoms with Crippen molar-refractivity contribution < 1.29 is 4.42 Å². The van der Waals surface area contributed by atoms with Crippen LogP contribution in [0.4, 0.5) is 0 Å². The van der Waals surface area contributed by atoms with Gasteiger partial charge in [-0.2, -0.15) is 0 Å². The normalized spacial score (nSPS) is 18.1. The number of hydrogen-bond acceptors (Lipinski definition) is 6. The molecule has 2 saturated carbocycles. The molecular formula is C28H34N6O2. The lowest BCUT2D eigenvalue weighted by atomic mass is 9.92. The number of aromatic amines is 1. The fraction of sp³-hybridized carbons (Fsp3) is 0.500. The molecule has 2 aliphatic rings. The van der Waals surface area contributed by atoms with Gasteiger partial charge in [0.15, 0.2) is 5.82 Å². The number of aromatic nitrogens is 5. The zero-order valence-corrected chi connectivity index (χ0v) is 21.2. The molecule has 3 heterocycles. The maximum atomic E-state index is 13.3. The number of rotatable bonds is 7. The minimum Gasteiger partial charge on any atom is -0.468 e. The second-order valence-corrected chi connectivity index (χ2v) is 10.7. The van der Waals surface area contributed by atoms with E-state index >= 15 is 0 Å². The molecule has 8 heteroatoms. The van der Waals surface area contributed by atoms with Gasteiger partial charge in [0.05, 0.1) is 29.9 Å². The number of aryl methyl sites for hydroxylation is 2. The number of benzene rings is 1. The van der Waals surface area contributed by atoms with Crippen LogP contribution in [0.2, 0.25) is 0 Å². The Labute approximate surface area is 210 Å². The van der Waals surface area contributed by atoms with Crippen molar-refractivity contribution in [2.24, 2.45) is 0 Å². The Bertz CT molecular complexity index is 1410. The van der Waals surface area contributed by atoms with Crippen molar-refractivity contribution in [3.63, 3.8) is 0 Å². The van der Waals surface area contributed by atoms with Crippen molar-refractivity contribution >= 4 is 10.9 Å². The first kappa shape index (κ1) is 23.2. The van der Waals surface area contributed by atoms with E-state index in [1.165, 1.54) is 18.4 Å². The summed E-state index contributed by atoms with van der Waals surface area (Å²) < 4.78 is 7.90. The number of nitrogens with zero attached hydrogens (tertiary/aromatic N) is 5. The number of fused-ring (bicyclic) bond motifs is 1. The van der Waals surface area contributed by atoms with E-state index in [-0.39, 0.29) is 11.1 Å². The zero-order chi connectivity index (χ0) is 24.7. The molecule has 0 bridgehead atoms. The van der Waals surface area contributed by atoms with Gasteiger partial charge >= 0.3 is 0 Å². The number of nitrogens with one attached hydrogen (secondary N) is 1. The molecule has 6 rings (SSSR count). The smallest absolute Gasteiger partial charge is 0.252 e. The maximum Gasteiger partial charge on any atom is 0.252 e. The molecule has 0 atom stereocenters. The molecule has 4 aromatic rings. The van der Waals surface area contributed by atoms with Gasteiger partial charge in [0.1, 0.15) is 5.76 Å². The Hall–Kier alpha value is -3.26. The van der Waals surface area contributed by atoms with E-state index in [4.69, 9.17) is 4.42 Å². The maximum absolute atomic E-state index is 13.3. The van der Waals surface area contributed by atoms with Crippen LogP contribution < -0.4 is 5.56 Å². The minimum atomic E-state index is -0.344. The molecule has 1 aromatic carbocycles. The number of hydrogen-bond donors (Lipinski definition) is 1. The zero-order valence-electron chi connectivity index (χ0n) is 21.2. The third-order valence-corrected chi connectivity index (χ3v) is 8.27. The third-order valence-electron chi connectivity index (χ3n) is 8.27. The molecule has 0 spiro atoms. The van der Waals surface area contributed by atoms with E-state index in [0.29, 0.717) is 19.1 Å². The Morgan fingerprint density at radius 2 is 1.92 bits per heavy atom. The van der Waals surface area contributed by atoms with E-state index in [9.17, 15) is 4.79 Å². The van der Waals surface area contributed by atoms with Crippen LogP contribution in [0.3, 0.4) is 0 Å². The highest BCUT2D eigenvalue weighted by Crippen LogP contribution is 2.46. The summed E-state index contributed by atoms with van der Waals surface area (Å²) in [7, 11) is 0. The monoisotopic (exact) mass is 486 g/mol. The Balaban J connectivity index is 1.45. The van der Waals surface area contributed by atoms with Crippen LogP contribution in [0.5, 0.6) is 0 Å². The van der Waals surface area contributed by atoms with Gasteiger partial charge in [0.2, 0.25) is 0 Å². The van der Waals surface area contributed by atoms with Crippen LogP contribution in [0.25, 0.3) is 10.9 Å². The molecule has 0 saturated heterocycles. The molecule has 36 heavy (non-hydrogen) atoms. The summed E-state index contributed by atoms with van der Waals surface area (Å²) in [5.74, 6) is 1.83. The highest BCUT2D eigenvalue weighted by Gasteiger charge is 2.46. The van der Waals surface area contributed by atoms with E-state index < -0.39 is 0 Å². The van der Waals surface area contributed by atoms with Crippen molar-refractivity contribution in [2.75, 3.05) is 0 Å². The molecule has 0 amide bonds.